The van der Waals surface area contributed by atoms with E-state index >= 15 is 0 Å². The zero-order valence-corrected chi connectivity index (χ0v) is 22.3. The summed E-state index contributed by atoms with van der Waals surface area (Å²) in [5.74, 6) is -0.883. The highest BCUT2D eigenvalue weighted by molar-refractivity contribution is 14.1. The highest BCUT2D eigenvalue weighted by atomic mass is 127. The molecule has 0 spiro atoms. The van der Waals surface area contributed by atoms with Crippen molar-refractivity contribution in [1.29, 1.82) is 0 Å². The van der Waals surface area contributed by atoms with Gasteiger partial charge in [0.05, 0.1) is 34.2 Å². The van der Waals surface area contributed by atoms with Crippen LogP contribution in [0.1, 0.15) is 27.2 Å². The van der Waals surface area contributed by atoms with Crippen LogP contribution in [0.15, 0.2) is 66.7 Å². The van der Waals surface area contributed by atoms with Crippen LogP contribution in [0.4, 0.5) is 15.9 Å². The van der Waals surface area contributed by atoms with E-state index in [4.69, 9.17) is 11.6 Å². The lowest BCUT2D eigenvalue weighted by molar-refractivity contribution is 0.0951. The first-order valence-electron chi connectivity index (χ1n) is 10.1. The van der Waals surface area contributed by atoms with Gasteiger partial charge in [0.15, 0.2) is 5.82 Å². The van der Waals surface area contributed by atoms with Crippen LogP contribution in [0.25, 0.3) is 0 Å². The lowest BCUT2D eigenvalue weighted by Gasteiger charge is -2.27. The minimum Gasteiger partial charge on any atom is -0.755 e. The molecule has 0 fully saturated rings. The van der Waals surface area contributed by atoms with Crippen molar-refractivity contribution in [3.63, 3.8) is 0 Å². The van der Waals surface area contributed by atoms with Crippen LogP contribution in [0, 0.1) is 9.39 Å². The summed E-state index contributed by atoms with van der Waals surface area (Å²) in [5, 5.41) is 2.90. The summed E-state index contributed by atoms with van der Waals surface area (Å²) in [5.41, 5.74) is 2.18. The highest BCUT2D eigenvalue weighted by Gasteiger charge is 2.24. The number of aromatic nitrogens is 2. The molecule has 0 aliphatic carbocycles. The zero-order chi connectivity index (χ0) is 24.9. The SMILES string of the molecule is O=C(NCc1ccc(F)cc1Cl)c1ccc(I)cc1N(c1nsnc1Cc1ccccc1)S(=O)[O-]. The van der Waals surface area contributed by atoms with E-state index in [-0.39, 0.29) is 28.6 Å². The number of halogens is 3. The van der Waals surface area contributed by atoms with E-state index < -0.39 is 23.0 Å². The molecule has 0 aliphatic rings. The Morgan fingerprint density at radius 3 is 2.63 bits per heavy atom. The van der Waals surface area contributed by atoms with Crippen LogP contribution in [0.2, 0.25) is 5.02 Å². The van der Waals surface area contributed by atoms with Gasteiger partial charge in [-0.1, -0.05) is 48.0 Å². The number of hydrogen-bond donors (Lipinski definition) is 1. The first-order valence-corrected chi connectivity index (χ1v) is 13.3. The normalized spacial score (nSPS) is 11.8. The first-order chi connectivity index (χ1) is 16.8. The molecule has 0 aliphatic heterocycles. The number of anilines is 2. The van der Waals surface area contributed by atoms with Crippen molar-refractivity contribution in [3.8, 4) is 0 Å². The molecule has 1 aromatic heterocycles. The maximum Gasteiger partial charge on any atom is 0.253 e. The molecule has 1 amide bonds. The standard InChI is InChI=1S/C23H17ClFIN4O3S2/c24-19-11-16(25)7-6-15(19)13-27-23(31)18-9-8-17(26)12-21(18)30(35(32)33)22-20(28-34-29-22)10-14-4-2-1-3-5-14/h1-9,11-12H,10,13H2,(H,27,31)(H,32,33)/p-1. The number of hydrogen-bond acceptors (Lipinski definition) is 6. The molecule has 1 atom stereocenters. The summed E-state index contributed by atoms with van der Waals surface area (Å²) in [4.78, 5) is 13.1. The van der Waals surface area contributed by atoms with Crippen LogP contribution in [-0.2, 0) is 24.2 Å². The predicted octanol–water partition coefficient (Wildman–Crippen LogP) is 5.39. The van der Waals surface area contributed by atoms with Crippen LogP contribution in [-0.4, -0.2) is 23.4 Å². The Bertz CT molecular complexity index is 1390. The molecule has 4 aromatic rings. The van der Waals surface area contributed by atoms with Gasteiger partial charge in [0.2, 0.25) is 0 Å². The number of carbonyl (C=O) groups is 1. The van der Waals surface area contributed by atoms with E-state index in [9.17, 15) is 17.9 Å². The third-order valence-electron chi connectivity index (χ3n) is 4.97. The second kappa shape index (κ2) is 11.5. The van der Waals surface area contributed by atoms with Gasteiger partial charge >= 0.3 is 0 Å². The molecule has 1 heterocycles. The monoisotopic (exact) mass is 641 g/mol. The molecule has 3 aromatic carbocycles. The van der Waals surface area contributed by atoms with E-state index in [1.165, 1.54) is 18.2 Å². The zero-order valence-electron chi connectivity index (χ0n) is 17.8. The maximum absolute atomic E-state index is 13.3. The van der Waals surface area contributed by atoms with Gasteiger partial charge in [-0.3, -0.25) is 13.3 Å². The molecule has 180 valence electrons. The van der Waals surface area contributed by atoms with Gasteiger partial charge in [-0.2, -0.15) is 8.75 Å². The Balaban J connectivity index is 1.67. The third kappa shape index (κ3) is 6.22. The lowest BCUT2D eigenvalue weighted by Crippen LogP contribution is -2.28. The van der Waals surface area contributed by atoms with Gasteiger partial charge in [-0.15, -0.1) is 0 Å². The molecule has 12 heteroatoms. The molecule has 1 N–H and O–H groups in total. The molecule has 1 unspecified atom stereocenters. The second-order valence-electron chi connectivity index (χ2n) is 7.29. The van der Waals surface area contributed by atoms with Crippen molar-refractivity contribution in [3.05, 3.63) is 104 Å². The Morgan fingerprint density at radius 2 is 1.91 bits per heavy atom. The minimum absolute atomic E-state index is 0.0291. The van der Waals surface area contributed by atoms with Gasteiger partial charge in [-0.05, 0) is 64.0 Å². The Labute approximate surface area is 226 Å². The van der Waals surface area contributed by atoms with E-state index in [0.29, 0.717) is 17.7 Å². The van der Waals surface area contributed by atoms with Crippen molar-refractivity contribution in [1.82, 2.24) is 14.1 Å². The highest BCUT2D eigenvalue weighted by Crippen LogP contribution is 2.33. The molecule has 0 saturated carbocycles. The van der Waals surface area contributed by atoms with E-state index in [1.54, 1.807) is 12.1 Å². The Morgan fingerprint density at radius 1 is 1.14 bits per heavy atom. The van der Waals surface area contributed by atoms with Gasteiger partial charge < -0.3 is 9.87 Å². The van der Waals surface area contributed by atoms with Crippen molar-refractivity contribution in [2.24, 2.45) is 0 Å². The molecule has 0 radical (unpaired) electrons. The fourth-order valence-electron chi connectivity index (χ4n) is 3.32. The molecule has 0 saturated heterocycles. The number of benzene rings is 3. The number of carbonyl (C=O) groups excluding carboxylic acids is 1. The summed E-state index contributed by atoms with van der Waals surface area (Å²) in [6.07, 6.45) is 0.370. The van der Waals surface area contributed by atoms with Gasteiger partial charge in [0, 0.05) is 21.6 Å². The average Bonchev–Trinajstić information content (AvgIpc) is 3.26. The van der Waals surface area contributed by atoms with Gasteiger partial charge in [-0.25, -0.2) is 4.39 Å². The molecule has 4 rings (SSSR count). The summed E-state index contributed by atoms with van der Waals surface area (Å²) in [6, 6.07) is 18.2. The van der Waals surface area contributed by atoms with Gasteiger partial charge in [0.1, 0.15) is 11.5 Å². The van der Waals surface area contributed by atoms with E-state index in [0.717, 1.165) is 31.2 Å². The Hall–Kier alpha value is -2.45. The van der Waals surface area contributed by atoms with Gasteiger partial charge in [0.25, 0.3) is 5.91 Å². The first kappa shape index (κ1) is 25.6. The van der Waals surface area contributed by atoms with Crippen molar-refractivity contribution >= 4 is 74.6 Å². The minimum atomic E-state index is -2.79. The summed E-state index contributed by atoms with van der Waals surface area (Å²) in [6.45, 7) is 0.0291. The van der Waals surface area contributed by atoms with Crippen LogP contribution < -0.4 is 9.62 Å². The van der Waals surface area contributed by atoms with E-state index in [1.807, 2.05) is 52.9 Å². The largest absolute Gasteiger partial charge is 0.755 e. The number of amides is 1. The number of rotatable bonds is 8. The summed E-state index contributed by atoms with van der Waals surface area (Å²) < 4.78 is 48.4. The molecule has 0 bridgehead atoms. The number of nitrogens with zero attached hydrogens (tertiary/aromatic N) is 3. The van der Waals surface area contributed by atoms with Crippen LogP contribution in [0.3, 0.4) is 0 Å². The van der Waals surface area contributed by atoms with Crippen molar-refractivity contribution in [2.45, 2.75) is 13.0 Å². The van der Waals surface area contributed by atoms with Crippen LogP contribution in [0.5, 0.6) is 0 Å². The average molecular weight is 642 g/mol. The predicted molar refractivity (Wildman–Crippen MR) is 142 cm³/mol. The quantitative estimate of drug-likeness (QED) is 0.206. The fraction of sp³-hybridized carbons (Fsp3) is 0.0870. The third-order valence-corrected chi connectivity index (χ3v) is 7.22. The lowest BCUT2D eigenvalue weighted by atomic mass is 10.1. The molecular weight excluding hydrogens is 626 g/mol. The smallest absolute Gasteiger partial charge is 0.253 e. The fourth-order valence-corrected chi connectivity index (χ4v) is 5.23. The molecule has 35 heavy (non-hydrogen) atoms. The Kier molecular flexibility index (Phi) is 8.44. The summed E-state index contributed by atoms with van der Waals surface area (Å²) in [7, 11) is 0. The van der Waals surface area contributed by atoms with Crippen LogP contribution >= 0.6 is 45.9 Å². The topological polar surface area (TPSA) is 98.2 Å². The maximum atomic E-state index is 13.3. The second-order valence-corrected chi connectivity index (χ2v) is 10.3. The van der Waals surface area contributed by atoms with Crippen molar-refractivity contribution in [2.75, 3.05) is 4.31 Å². The molecular formula is C23H16ClFIN4O3S2-. The van der Waals surface area contributed by atoms with Crippen molar-refractivity contribution < 1.29 is 17.9 Å². The summed E-state index contributed by atoms with van der Waals surface area (Å²) >= 11 is 6.20. The van der Waals surface area contributed by atoms with E-state index in [2.05, 4.69) is 14.1 Å². The number of nitrogens with one attached hydrogen (secondary N) is 1. The molecule has 7 nitrogen and oxygen atoms in total.